The number of hydrogen-bond donors (Lipinski definition) is 4. The van der Waals surface area contributed by atoms with Crippen LogP contribution in [0, 0.1) is 5.92 Å². The van der Waals surface area contributed by atoms with E-state index in [1.807, 2.05) is 6.92 Å². The lowest BCUT2D eigenvalue weighted by molar-refractivity contribution is -0.137. The number of carboxylic acid groups (broad SMARTS) is 1. The second kappa shape index (κ2) is 8.88. The quantitative estimate of drug-likeness (QED) is 0.534. The number of carboxylic acids is 1. The van der Waals surface area contributed by atoms with Crippen LogP contribution in [0.3, 0.4) is 0 Å². The SMILES string of the molecule is CCC(CCNC(=O)NC(C)c1nn[nH]n1)CCC(=O)O. The van der Waals surface area contributed by atoms with Gasteiger partial charge in [0.05, 0.1) is 6.04 Å². The molecule has 1 heterocycles. The Morgan fingerprint density at radius 2 is 2.14 bits per heavy atom. The first-order valence-electron chi connectivity index (χ1n) is 7.02. The van der Waals surface area contributed by atoms with Crippen molar-refractivity contribution in [2.45, 2.75) is 45.6 Å². The highest BCUT2D eigenvalue weighted by Gasteiger charge is 2.14. The van der Waals surface area contributed by atoms with E-state index in [4.69, 9.17) is 5.11 Å². The molecule has 2 amide bonds. The fourth-order valence-electron chi connectivity index (χ4n) is 1.94. The molecule has 118 valence electrons. The summed E-state index contributed by atoms with van der Waals surface area (Å²) in [7, 11) is 0. The molecule has 0 aliphatic carbocycles. The highest BCUT2D eigenvalue weighted by Crippen LogP contribution is 2.14. The summed E-state index contributed by atoms with van der Waals surface area (Å²) in [6, 6.07) is -0.641. The molecule has 0 saturated heterocycles. The smallest absolute Gasteiger partial charge is 0.315 e. The molecule has 2 atom stereocenters. The molecule has 1 aromatic rings. The number of nitrogens with zero attached hydrogens (tertiary/aromatic N) is 3. The maximum atomic E-state index is 11.7. The van der Waals surface area contributed by atoms with Gasteiger partial charge in [0, 0.05) is 13.0 Å². The number of carbonyl (C=O) groups is 2. The number of H-pyrrole nitrogens is 1. The molecular weight excluding hydrogens is 276 g/mol. The van der Waals surface area contributed by atoms with Gasteiger partial charge in [0.25, 0.3) is 0 Å². The van der Waals surface area contributed by atoms with Gasteiger partial charge in [0.1, 0.15) is 0 Å². The lowest BCUT2D eigenvalue weighted by Crippen LogP contribution is -2.38. The standard InChI is InChI=1S/C12H22N6O3/c1-3-9(4-5-10(19)20)6-7-13-12(21)14-8(2)11-15-17-18-16-11/h8-9H,3-7H2,1-2H3,(H,19,20)(H2,13,14,21)(H,15,16,17,18). The van der Waals surface area contributed by atoms with Crippen molar-refractivity contribution < 1.29 is 14.7 Å². The average molecular weight is 298 g/mol. The Morgan fingerprint density at radius 1 is 1.38 bits per heavy atom. The number of aliphatic carboxylic acids is 1. The van der Waals surface area contributed by atoms with E-state index in [1.165, 1.54) is 0 Å². The van der Waals surface area contributed by atoms with Gasteiger partial charge in [-0.05, 0) is 25.7 Å². The number of aromatic amines is 1. The molecular formula is C12H22N6O3. The van der Waals surface area contributed by atoms with E-state index >= 15 is 0 Å². The van der Waals surface area contributed by atoms with Crippen molar-refractivity contribution in [2.75, 3.05) is 6.54 Å². The first-order chi connectivity index (χ1) is 10.0. The molecule has 1 aromatic heterocycles. The summed E-state index contributed by atoms with van der Waals surface area (Å²) in [6.45, 7) is 4.28. The molecule has 0 fully saturated rings. The summed E-state index contributed by atoms with van der Waals surface area (Å²) in [4.78, 5) is 22.2. The zero-order chi connectivity index (χ0) is 15.7. The van der Waals surface area contributed by atoms with Crippen molar-refractivity contribution in [3.8, 4) is 0 Å². The fraction of sp³-hybridized carbons (Fsp3) is 0.750. The van der Waals surface area contributed by atoms with E-state index in [9.17, 15) is 9.59 Å². The second-order valence-corrected chi connectivity index (χ2v) is 4.89. The maximum Gasteiger partial charge on any atom is 0.315 e. The lowest BCUT2D eigenvalue weighted by atomic mass is 9.97. The summed E-state index contributed by atoms with van der Waals surface area (Å²) in [5.74, 6) is -0.0674. The number of urea groups is 1. The highest BCUT2D eigenvalue weighted by molar-refractivity contribution is 5.74. The van der Waals surface area contributed by atoms with Crippen LogP contribution >= 0.6 is 0 Å². The number of amides is 2. The predicted octanol–water partition coefficient (Wildman–Crippen LogP) is 0.841. The van der Waals surface area contributed by atoms with Crippen LogP contribution in [0.15, 0.2) is 0 Å². The average Bonchev–Trinajstić information content (AvgIpc) is 2.96. The second-order valence-electron chi connectivity index (χ2n) is 4.89. The minimum Gasteiger partial charge on any atom is -0.481 e. The lowest BCUT2D eigenvalue weighted by Gasteiger charge is -2.15. The van der Waals surface area contributed by atoms with Crippen molar-refractivity contribution in [3.63, 3.8) is 0 Å². The third kappa shape index (κ3) is 6.68. The van der Waals surface area contributed by atoms with Crippen LogP contribution in [-0.2, 0) is 4.79 Å². The number of nitrogens with one attached hydrogen (secondary N) is 3. The van der Waals surface area contributed by atoms with E-state index in [0.717, 1.165) is 12.8 Å². The fourth-order valence-corrected chi connectivity index (χ4v) is 1.94. The zero-order valence-corrected chi connectivity index (χ0v) is 12.3. The maximum absolute atomic E-state index is 11.7. The molecule has 0 aliphatic heterocycles. The minimum atomic E-state index is -0.784. The summed E-state index contributed by atoms with van der Waals surface area (Å²) >= 11 is 0. The Labute approximate surface area is 122 Å². The number of rotatable bonds is 9. The Balaban J connectivity index is 2.21. The third-order valence-corrected chi connectivity index (χ3v) is 3.28. The van der Waals surface area contributed by atoms with Crippen molar-refractivity contribution in [3.05, 3.63) is 5.82 Å². The Hall–Kier alpha value is -2.19. The van der Waals surface area contributed by atoms with Gasteiger partial charge in [-0.15, -0.1) is 10.2 Å². The van der Waals surface area contributed by atoms with Crippen LogP contribution in [0.4, 0.5) is 4.79 Å². The first-order valence-corrected chi connectivity index (χ1v) is 7.02. The predicted molar refractivity (Wildman–Crippen MR) is 74.4 cm³/mol. The van der Waals surface area contributed by atoms with Crippen LogP contribution in [0.1, 0.15) is 51.4 Å². The molecule has 0 aliphatic rings. The van der Waals surface area contributed by atoms with Gasteiger partial charge in [-0.1, -0.05) is 18.6 Å². The first kappa shape index (κ1) is 16.9. The monoisotopic (exact) mass is 298 g/mol. The van der Waals surface area contributed by atoms with E-state index in [0.29, 0.717) is 24.7 Å². The zero-order valence-electron chi connectivity index (χ0n) is 12.3. The van der Waals surface area contributed by atoms with Gasteiger partial charge >= 0.3 is 12.0 Å². The van der Waals surface area contributed by atoms with E-state index in [1.54, 1.807) is 6.92 Å². The molecule has 0 saturated carbocycles. The molecule has 0 bridgehead atoms. The van der Waals surface area contributed by atoms with Gasteiger partial charge in [-0.25, -0.2) is 4.79 Å². The van der Waals surface area contributed by atoms with Crippen molar-refractivity contribution in [2.24, 2.45) is 5.92 Å². The van der Waals surface area contributed by atoms with Crippen LogP contribution < -0.4 is 10.6 Å². The molecule has 4 N–H and O–H groups in total. The summed E-state index contributed by atoms with van der Waals surface area (Å²) in [5, 5.41) is 27.4. The van der Waals surface area contributed by atoms with Gasteiger partial charge in [0.2, 0.25) is 0 Å². The molecule has 2 unspecified atom stereocenters. The van der Waals surface area contributed by atoms with Gasteiger partial charge < -0.3 is 15.7 Å². The van der Waals surface area contributed by atoms with E-state index in [-0.39, 0.29) is 18.5 Å². The van der Waals surface area contributed by atoms with Crippen molar-refractivity contribution in [1.29, 1.82) is 0 Å². The normalized spacial score (nSPS) is 13.4. The van der Waals surface area contributed by atoms with Gasteiger partial charge in [-0.2, -0.15) is 5.21 Å². The highest BCUT2D eigenvalue weighted by atomic mass is 16.4. The molecule has 21 heavy (non-hydrogen) atoms. The minimum absolute atomic E-state index is 0.166. The van der Waals surface area contributed by atoms with Crippen LogP contribution in [0.2, 0.25) is 0 Å². The summed E-state index contributed by atoms with van der Waals surface area (Å²) in [5.41, 5.74) is 0. The third-order valence-electron chi connectivity index (χ3n) is 3.28. The van der Waals surface area contributed by atoms with Crippen LogP contribution in [0.25, 0.3) is 0 Å². The van der Waals surface area contributed by atoms with Gasteiger partial charge in [0.15, 0.2) is 5.82 Å². The van der Waals surface area contributed by atoms with Crippen molar-refractivity contribution >= 4 is 12.0 Å². The number of aromatic nitrogens is 4. The molecule has 0 aromatic carbocycles. The molecule has 9 heteroatoms. The number of carbonyl (C=O) groups excluding carboxylic acids is 1. The number of tetrazole rings is 1. The topological polar surface area (TPSA) is 133 Å². The molecule has 0 spiro atoms. The van der Waals surface area contributed by atoms with Gasteiger partial charge in [-0.3, -0.25) is 4.79 Å². The van der Waals surface area contributed by atoms with Crippen molar-refractivity contribution in [1.82, 2.24) is 31.3 Å². The van der Waals surface area contributed by atoms with Crippen LogP contribution in [-0.4, -0.2) is 44.3 Å². The Morgan fingerprint density at radius 3 is 2.71 bits per heavy atom. The summed E-state index contributed by atoms with van der Waals surface area (Å²) in [6.07, 6.45) is 2.46. The largest absolute Gasteiger partial charge is 0.481 e. The summed E-state index contributed by atoms with van der Waals surface area (Å²) < 4.78 is 0. The molecule has 1 rings (SSSR count). The van der Waals surface area contributed by atoms with E-state index < -0.39 is 5.97 Å². The molecule has 0 radical (unpaired) electrons. The Kier molecular flexibility index (Phi) is 7.13. The number of hydrogen-bond acceptors (Lipinski definition) is 5. The van der Waals surface area contributed by atoms with Crippen LogP contribution in [0.5, 0.6) is 0 Å². The van der Waals surface area contributed by atoms with E-state index in [2.05, 4.69) is 31.3 Å². The Bertz CT molecular complexity index is 436. The molecule has 9 nitrogen and oxygen atoms in total.